The summed E-state index contributed by atoms with van der Waals surface area (Å²) in [5.74, 6) is 0.484. The Bertz CT molecular complexity index is 822. The van der Waals surface area contributed by atoms with E-state index in [9.17, 15) is 9.18 Å². The highest BCUT2D eigenvalue weighted by Crippen LogP contribution is 2.45. The average Bonchev–Trinajstić information content (AvgIpc) is 2.94. The van der Waals surface area contributed by atoms with Crippen LogP contribution in [0.4, 0.5) is 15.9 Å². The fraction of sp³-hybridized carbons (Fsp3) is 0.294. The molecule has 1 saturated heterocycles. The molecule has 2 aromatic rings. The van der Waals surface area contributed by atoms with Crippen molar-refractivity contribution in [2.75, 3.05) is 17.2 Å². The number of pyridine rings is 1. The Hall–Kier alpha value is -2.63. The molecule has 0 bridgehead atoms. The zero-order valence-corrected chi connectivity index (χ0v) is 12.7. The molecule has 2 aliphatic rings. The van der Waals surface area contributed by atoms with Gasteiger partial charge >= 0.3 is 0 Å². The van der Waals surface area contributed by atoms with Crippen LogP contribution >= 0.6 is 0 Å². The molecule has 0 saturated carbocycles. The van der Waals surface area contributed by atoms with Crippen molar-refractivity contribution >= 4 is 17.4 Å². The van der Waals surface area contributed by atoms with E-state index >= 15 is 0 Å². The number of hydrogen-bond acceptors (Lipinski definition) is 4. The number of carbonyl (C=O) groups excluding carboxylic acids is 1. The lowest BCUT2D eigenvalue weighted by atomic mass is 9.94. The summed E-state index contributed by atoms with van der Waals surface area (Å²) >= 11 is 0. The standard InChI is InChI=1S/C17H16FN3O2/c1-9-10-6-16(19)20-8-12(10)11-5-13(18)14(7-15(11)23-9)21-4-2-3-17(21)22/h5-9H,2-4H2,1H3,(H2,19,20)/t9-/m0/s1. The lowest BCUT2D eigenvalue weighted by Crippen LogP contribution is -2.25. The van der Waals surface area contributed by atoms with Gasteiger partial charge in [0.2, 0.25) is 5.91 Å². The van der Waals surface area contributed by atoms with Crippen LogP contribution in [0.5, 0.6) is 5.75 Å². The normalized spacial score (nSPS) is 19.3. The summed E-state index contributed by atoms with van der Waals surface area (Å²) in [6.07, 6.45) is 2.64. The first-order valence-corrected chi connectivity index (χ1v) is 7.61. The summed E-state index contributed by atoms with van der Waals surface area (Å²) in [6.45, 7) is 2.45. The van der Waals surface area contributed by atoms with E-state index < -0.39 is 5.82 Å². The van der Waals surface area contributed by atoms with Gasteiger partial charge in [-0.15, -0.1) is 0 Å². The van der Waals surface area contributed by atoms with Gasteiger partial charge in [-0.3, -0.25) is 4.79 Å². The summed E-state index contributed by atoms with van der Waals surface area (Å²) in [4.78, 5) is 17.5. The summed E-state index contributed by atoms with van der Waals surface area (Å²) in [7, 11) is 0. The van der Waals surface area contributed by atoms with E-state index in [1.165, 1.54) is 11.0 Å². The molecule has 1 aromatic carbocycles. The van der Waals surface area contributed by atoms with Crippen LogP contribution in [0.3, 0.4) is 0 Å². The van der Waals surface area contributed by atoms with Crippen molar-refractivity contribution in [3.63, 3.8) is 0 Å². The summed E-state index contributed by atoms with van der Waals surface area (Å²) < 4.78 is 20.5. The van der Waals surface area contributed by atoms with Crippen LogP contribution in [0.2, 0.25) is 0 Å². The summed E-state index contributed by atoms with van der Waals surface area (Å²) in [5.41, 5.74) is 8.35. The third-order valence-corrected chi connectivity index (χ3v) is 4.40. The maximum absolute atomic E-state index is 14.6. The monoisotopic (exact) mass is 313 g/mol. The first kappa shape index (κ1) is 14.0. The zero-order chi connectivity index (χ0) is 16.1. The Balaban J connectivity index is 1.86. The maximum Gasteiger partial charge on any atom is 0.227 e. The molecule has 1 atom stereocenters. The molecule has 0 spiro atoms. The molecule has 2 N–H and O–H groups in total. The molecule has 0 aliphatic carbocycles. The number of benzene rings is 1. The lowest BCUT2D eigenvalue weighted by Gasteiger charge is -2.28. The number of nitrogens with zero attached hydrogens (tertiary/aromatic N) is 2. The van der Waals surface area contributed by atoms with E-state index in [0.717, 1.165) is 17.5 Å². The van der Waals surface area contributed by atoms with Gasteiger partial charge in [-0.25, -0.2) is 9.37 Å². The van der Waals surface area contributed by atoms with Crippen LogP contribution in [0, 0.1) is 5.82 Å². The predicted octanol–water partition coefficient (Wildman–Crippen LogP) is 3.05. The van der Waals surface area contributed by atoms with Crippen LogP contribution in [0.15, 0.2) is 24.4 Å². The van der Waals surface area contributed by atoms with Gasteiger partial charge in [0.05, 0.1) is 5.69 Å². The minimum absolute atomic E-state index is 0.0532. The van der Waals surface area contributed by atoms with Crippen molar-refractivity contribution in [3.05, 3.63) is 35.8 Å². The van der Waals surface area contributed by atoms with E-state index in [-0.39, 0.29) is 17.7 Å². The van der Waals surface area contributed by atoms with Crippen molar-refractivity contribution in [2.45, 2.75) is 25.9 Å². The Morgan fingerprint density at radius 3 is 2.91 bits per heavy atom. The Labute approximate surface area is 132 Å². The number of fused-ring (bicyclic) bond motifs is 3. The molecule has 5 nitrogen and oxygen atoms in total. The van der Waals surface area contributed by atoms with Crippen molar-refractivity contribution in [1.29, 1.82) is 0 Å². The largest absolute Gasteiger partial charge is 0.485 e. The van der Waals surface area contributed by atoms with Gasteiger partial charge in [-0.05, 0) is 25.5 Å². The fourth-order valence-electron chi connectivity index (χ4n) is 3.26. The number of hydrogen-bond donors (Lipinski definition) is 1. The van der Waals surface area contributed by atoms with Crippen LogP contribution in [-0.4, -0.2) is 17.4 Å². The van der Waals surface area contributed by atoms with E-state index in [1.807, 2.05) is 6.92 Å². The minimum atomic E-state index is -0.431. The first-order chi connectivity index (χ1) is 11.0. The SMILES string of the molecule is C[C@@H]1Oc2cc(N3CCCC3=O)c(F)cc2-c2cnc(N)cc21. The van der Waals surface area contributed by atoms with Gasteiger partial charge in [0, 0.05) is 41.9 Å². The number of anilines is 2. The number of aromatic nitrogens is 1. The number of ether oxygens (including phenoxy) is 1. The van der Waals surface area contributed by atoms with Crippen LogP contribution < -0.4 is 15.4 Å². The van der Waals surface area contributed by atoms with Crippen molar-refractivity contribution in [3.8, 4) is 16.9 Å². The predicted molar refractivity (Wildman–Crippen MR) is 84.7 cm³/mol. The van der Waals surface area contributed by atoms with Gasteiger partial charge in [-0.1, -0.05) is 0 Å². The van der Waals surface area contributed by atoms with Crippen LogP contribution in [-0.2, 0) is 4.79 Å². The van der Waals surface area contributed by atoms with E-state index in [1.54, 1.807) is 18.3 Å². The van der Waals surface area contributed by atoms with Crippen LogP contribution in [0.1, 0.15) is 31.4 Å². The topological polar surface area (TPSA) is 68.5 Å². The molecule has 0 radical (unpaired) electrons. The zero-order valence-electron chi connectivity index (χ0n) is 12.7. The summed E-state index contributed by atoms with van der Waals surface area (Å²) in [6, 6.07) is 4.78. The molecule has 4 rings (SSSR count). The first-order valence-electron chi connectivity index (χ1n) is 7.61. The second-order valence-corrected chi connectivity index (χ2v) is 5.91. The number of halogens is 1. The number of nitrogen functional groups attached to an aromatic ring is 1. The molecule has 2 aliphatic heterocycles. The minimum Gasteiger partial charge on any atom is -0.485 e. The molecule has 3 heterocycles. The van der Waals surface area contributed by atoms with Crippen molar-refractivity contribution in [1.82, 2.24) is 4.98 Å². The highest BCUT2D eigenvalue weighted by molar-refractivity contribution is 5.96. The number of rotatable bonds is 1. The van der Waals surface area contributed by atoms with Gasteiger partial charge in [0.1, 0.15) is 23.5 Å². The van der Waals surface area contributed by atoms with Gasteiger partial charge in [0.15, 0.2) is 0 Å². The Kier molecular flexibility index (Phi) is 3.01. The number of amides is 1. The second kappa shape index (κ2) is 4.94. The molecule has 1 aromatic heterocycles. The number of nitrogens with two attached hydrogens (primary N) is 1. The molecule has 1 amide bonds. The van der Waals surface area contributed by atoms with E-state index in [4.69, 9.17) is 10.5 Å². The van der Waals surface area contributed by atoms with Crippen LogP contribution in [0.25, 0.3) is 11.1 Å². The second-order valence-electron chi connectivity index (χ2n) is 5.91. The fourth-order valence-corrected chi connectivity index (χ4v) is 3.26. The molecule has 0 unspecified atom stereocenters. The highest BCUT2D eigenvalue weighted by Gasteiger charge is 2.29. The molecule has 23 heavy (non-hydrogen) atoms. The Morgan fingerprint density at radius 1 is 1.35 bits per heavy atom. The third kappa shape index (κ3) is 2.13. The summed E-state index contributed by atoms with van der Waals surface area (Å²) in [5, 5.41) is 0. The highest BCUT2D eigenvalue weighted by atomic mass is 19.1. The van der Waals surface area contributed by atoms with Gasteiger partial charge in [-0.2, -0.15) is 0 Å². The molecule has 6 heteroatoms. The van der Waals surface area contributed by atoms with E-state index in [2.05, 4.69) is 4.98 Å². The maximum atomic E-state index is 14.6. The van der Waals surface area contributed by atoms with Crippen molar-refractivity contribution < 1.29 is 13.9 Å². The third-order valence-electron chi connectivity index (χ3n) is 4.40. The lowest BCUT2D eigenvalue weighted by molar-refractivity contribution is -0.117. The van der Waals surface area contributed by atoms with E-state index in [0.29, 0.717) is 30.1 Å². The Morgan fingerprint density at radius 2 is 2.17 bits per heavy atom. The average molecular weight is 313 g/mol. The van der Waals surface area contributed by atoms with Gasteiger partial charge < -0.3 is 15.4 Å². The van der Waals surface area contributed by atoms with Gasteiger partial charge in [0.25, 0.3) is 0 Å². The quantitative estimate of drug-likeness (QED) is 0.878. The smallest absolute Gasteiger partial charge is 0.227 e. The molecular formula is C17H16FN3O2. The van der Waals surface area contributed by atoms with Crippen molar-refractivity contribution in [2.24, 2.45) is 0 Å². The molecule has 118 valence electrons. The molecular weight excluding hydrogens is 297 g/mol. The molecule has 1 fully saturated rings. The number of carbonyl (C=O) groups is 1.